The molecule has 0 bridgehead atoms. The van der Waals surface area contributed by atoms with E-state index in [9.17, 15) is 9.59 Å². The molecule has 0 spiro atoms. The molecule has 1 atom stereocenters. The summed E-state index contributed by atoms with van der Waals surface area (Å²) in [6.07, 6.45) is -0.214. The summed E-state index contributed by atoms with van der Waals surface area (Å²) in [6, 6.07) is 30.3. The molecule has 0 fully saturated rings. The smallest absolute Gasteiger partial charge is 0.265 e. The molecule has 0 heterocycles. The Hall–Kier alpha value is -4.12. The fraction of sp³-hybridized carbons (Fsp3) is 0.143. The van der Waals surface area contributed by atoms with Crippen molar-refractivity contribution >= 4 is 28.3 Å². The highest BCUT2D eigenvalue weighted by Crippen LogP contribution is 2.27. The zero-order valence-electron chi connectivity index (χ0n) is 18.5. The molecule has 0 unspecified atom stereocenters. The minimum atomic E-state index is -0.698. The summed E-state index contributed by atoms with van der Waals surface area (Å²) in [5.74, 6) is 0.107. The number of carbonyl (C=O) groups is 2. The molecule has 4 aromatic rings. The van der Waals surface area contributed by atoms with Gasteiger partial charge in [0.25, 0.3) is 11.8 Å². The first kappa shape index (κ1) is 22.1. The Bertz CT molecular complexity index is 1250. The van der Waals surface area contributed by atoms with Gasteiger partial charge in [-0.25, -0.2) is 0 Å². The van der Waals surface area contributed by atoms with Crippen molar-refractivity contribution in [3.05, 3.63) is 108 Å². The predicted molar refractivity (Wildman–Crippen MR) is 131 cm³/mol. The van der Waals surface area contributed by atoms with Crippen LogP contribution >= 0.6 is 0 Å². The van der Waals surface area contributed by atoms with Crippen molar-refractivity contribution in [2.24, 2.45) is 0 Å². The molecule has 4 rings (SSSR count). The van der Waals surface area contributed by atoms with E-state index in [1.807, 2.05) is 79.7 Å². The van der Waals surface area contributed by atoms with Crippen LogP contribution in [0.25, 0.3) is 10.8 Å². The maximum atomic E-state index is 13.1. The van der Waals surface area contributed by atoms with Crippen LogP contribution in [0.2, 0.25) is 0 Å². The van der Waals surface area contributed by atoms with Crippen molar-refractivity contribution in [1.29, 1.82) is 0 Å². The van der Waals surface area contributed by atoms with Gasteiger partial charge in [-0.2, -0.15) is 0 Å². The second-order valence-electron chi connectivity index (χ2n) is 7.70. The van der Waals surface area contributed by atoms with E-state index in [0.717, 1.165) is 16.3 Å². The Morgan fingerprint density at radius 2 is 1.52 bits per heavy atom. The van der Waals surface area contributed by atoms with E-state index in [0.29, 0.717) is 30.0 Å². The average Bonchev–Trinajstić information content (AvgIpc) is 2.86. The van der Waals surface area contributed by atoms with E-state index in [1.165, 1.54) is 0 Å². The predicted octanol–water partition coefficient (Wildman–Crippen LogP) is 5.57. The van der Waals surface area contributed by atoms with E-state index in [2.05, 4.69) is 10.6 Å². The van der Waals surface area contributed by atoms with Crippen molar-refractivity contribution in [3.8, 4) is 5.75 Å². The van der Waals surface area contributed by atoms with E-state index in [4.69, 9.17) is 4.74 Å². The first-order chi connectivity index (χ1) is 16.2. The molecule has 0 aromatic heterocycles. The van der Waals surface area contributed by atoms with Crippen LogP contribution in [-0.2, 0) is 11.3 Å². The number of nitrogens with one attached hydrogen (secondary N) is 2. The summed E-state index contributed by atoms with van der Waals surface area (Å²) < 4.78 is 6.10. The Labute approximate surface area is 193 Å². The van der Waals surface area contributed by atoms with E-state index in [1.54, 1.807) is 24.3 Å². The van der Waals surface area contributed by atoms with Crippen LogP contribution in [0.5, 0.6) is 5.75 Å². The molecule has 0 aliphatic heterocycles. The van der Waals surface area contributed by atoms with Gasteiger partial charge in [-0.15, -0.1) is 0 Å². The zero-order chi connectivity index (χ0) is 23.0. The molecular weight excluding hydrogens is 412 g/mol. The fourth-order valence-corrected chi connectivity index (χ4v) is 3.65. The summed E-state index contributed by atoms with van der Waals surface area (Å²) >= 11 is 0. The van der Waals surface area contributed by atoms with Gasteiger partial charge in [0.2, 0.25) is 0 Å². The molecule has 0 radical (unpaired) electrons. The standard InChI is InChI=1S/C28H26N2O3/c1-2-25(33-26-18-10-14-21-13-6-7-15-22(21)26)28(32)30-24-17-9-8-16-23(24)27(31)29-19-20-11-4-3-5-12-20/h3-18,25H,2,19H2,1H3,(H,29,31)(H,30,32)/t25-/m0/s1. The van der Waals surface area contributed by atoms with Crippen LogP contribution in [0.1, 0.15) is 29.3 Å². The highest BCUT2D eigenvalue weighted by molar-refractivity contribution is 6.04. The molecule has 0 aliphatic carbocycles. The van der Waals surface area contributed by atoms with E-state index >= 15 is 0 Å². The topological polar surface area (TPSA) is 67.4 Å². The van der Waals surface area contributed by atoms with Gasteiger partial charge in [-0.05, 0) is 35.6 Å². The van der Waals surface area contributed by atoms with Crippen molar-refractivity contribution in [1.82, 2.24) is 5.32 Å². The van der Waals surface area contributed by atoms with Crippen LogP contribution in [0.3, 0.4) is 0 Å². The largest absolute Gasteiger partial charge is 0.480 e. The Morgan fingerprint density at radius 1 is 0.818 bits per heavy atom. The number of anilines is 1. The molecule has 0 saturated carbocycles. The van der Waals surface area contributed by atoms with Crippen molar-refractivity contribution in [2.75, 3.05) is 5.32 Å². The lowest BCUT2D eigenvalue weighted by Crippen LogP contribution is -2.33. The highest BCUT2D eigenvalue weighted by Gasteiger charge is 2.21. The number of para-hydroxylation sites is 1. The van der Waals surface area contributed by atoms with Gasteiger partial charge < -0.3 is 15.4 Å². The third kappa shape index (κ3) is 5.39. The van der Waals surface area contributed by atoms with E-state index in [-0.39, 0.29) is 11.8 Å². The van der Waals surface area contributed by atoms with Gasteiger partial charge >= 0.3 is 0 Å². The lowest BCUT2D eigenvalue weighted by atomic mass is 10.1. The molecule has 33 heavy (non-hydrogen) atoms. The van der Waals surface area contributed by atoms with Crippen LogP contribution in [-0.4, -0.2) is 17.9 Å². The third-order valence-corrected chi connectivity index (χ3v) is 5.41. The second-order valence-corrected chi connectivity index (χ2v) is 7.70. The van der Waals surface area contributed by atoms with Gasteiger partial charge in [0.1, 0.15) is 5.75 Å². The first-order valence-electron chi connectivity index (χ1n) is 11.0. The number of hydrogen-bond acceptors (Lipinski definition) is 3. The minimum absolute atomic E-state index is 0.252. The summed E-state index contributed by atoms with van der Waals surface area (Å²) in [6.45, 7) is 2.30. The van der Waals surface area contributed by atoms with Crippen LogP contribution in [0, 0.1) is 0 Å². The highest BCUT2D eigenvalue weighted by atomic mass is 16.5. The van der Waals surface area contributed by atoms with Gasteiger partial charge in [-0.3, -0.25) is 9.59 Å². The molecule has 4 aromatic carbocycles. The second kappa shape index (κ2) is 10.5. The SMILES string of the molecule is CC[C@H](Oc1cccc2ccccc12)C(=O)Nc1ccccc1C(=O)NCc1ccccc1. The lowest BCUT2D eigenvalue weighted by Gasteiger charge is -2.19. The fourth-order valence-electron chi connectivity index (χ4n) is 3.65. The minimum Gasteiger partial charge on any atom is -0.480 e. The Morgan fingerprint density at radius 3 is 2.33 bits per heavy atom. The third-order valence-electron chi connectivity index (χ3n) is 5.41. The Kier molecular flexibility index (Phi) is 7.00. The number of amides is 2. The summed E-state index contributed by atoms with van der Waals surface area (Å²) in [5, 5.41) is 7.79. The van der Waals surface area contributed by atoms with Crippen molar-refractivity contribution in [2.45, 2.75) is 26.0 Å². The molecule has 2 amide bonds. The molecule has 0 aliphatic rings. The number of benzene rings is 4. The lowest BCUT2D eigenvalue weighted by molar-refractivity contribution is -0.122. The van der Waals surface area contributed by atoms with Gasteiger partial charge in [0.05, 0.1) is 11.3 Å². The number of ether oxygens (including phenoxy) is 1. The number of rotatable bonds is 8. The maximum absolute atomic E-state index is 13.1. The molecule has 166 valence electrons. The number of hydrogen-bond donors (Lipinski definition) is 2. The van der Waals surface area contributed by atoms with Crippen molar-refractivity contribution in [3.63, 3.8) is 0 Å². The number of fused-ring (bicyclic) bond motifs is 1. The van der Waals surface area contributed by atoms with Crippen molar-refractivity contribution < 1.29 is 14.3 Å². The first-order valence-corrected chi connectivity index (χ1v) is 11.0. The van der Waals surface area contributed by atoms with Gasteiger partial charge in [0.15, 0.2) is 6.10 Å². The van der Waals surface area contributed by atoms with Crippen LogP contribution in [0.4, 0.5) is 5.69 Å². The normalized spacial score (nSPS) is 11.5. The van der Waals surface area contributed by atoms with Gasteiger partial charge in [0, 0.05) is 11.9 Å². The quantitative estimate of drug-likeness (QED) is 0.378. The number of carbonyl (C=O) groups excluding carboxylic acids is 2. The molecule has 0 saturated heterocycles. The molecule has 5 heteroatoms. The zero-order valence-corrected chi connectivity index (χ0v) is 18.5. The van der Waals surface area contributed by atoms with Gasteiger partial charge in [-0.1, -0.05) is 85.8 Å². The summed E-state index contributed by atoms with van der Waals surface area (Å²) in [4.78, 5) is 25.9. The molecular formula is C28H26N2O3. The summed E-state index contributed by atoms with van der Waals surface area (Å²) in [7, 11) is 0. The average molecular weight is 439 g/mol. The molecule has 5 nitrogen and oxygen atoms in total. The molecule has 2 N–H and O–H groups in total. The Balaban J connectivity index is 1.47. The van der Waals surface area contributed by atoms with E-state index < -0.39 is 6.10 Å². The van der Waals surface area contributed by atoms with Crippen LogP contribution < -0.4 is 15.4 Å². The van der Waals surface area contributed by atoms with Crippen LogP contribution in [0.15, 0.2) is 97.1 Å². The summed E-state index contributed by atoms with van der Waals surface area (Å²) in [5.41, 5.74) is 1.86. The maximum Gasteiger partial charge on any atom is 0.265 e. The monoisotopic (exact) mass is 438 g/mol.